The maximum absolute atomic E-state index is 11.0. The molecule has 2 rings (SSSR count). The van der Waals surface area contributed by atoms with Gasteiger partial charge in [0.2, 0.25) is 0 Å². The summed E-state index contributed by atoms with van der Waals surface area (Å²) < 4.78 is 1.63. The zero-order chi connectivity index (χ0) is 14.2. The Balaban J connectivity index is 2.63. The Morgan fingerprint density at radius 3 is 2.53 bits per heavy atom. The fourth-order valence-electron chi connectivity index (χ4n) is 2.01. The van der Waals surface area contributed by atoms with Gasteiger partial charge in [0.25, 0.3) is 5.82 Å². The maximum Gasteiger partial charge on any atom is 0.375 e. The van der Waals surface area contributed by atoms with Crippen LogP contribution >= 0.6 is 0 Å². The largest absolute Gasteiger partial charge is 0.475 e. The summed E-state index contributed by atoms with van der Waals surface area (Å²) in [6.45, 7) is 7.93. The van der Waals surface area contributed by atoms with Crippen molar-refractivity contribution in [1.82, 2.24) is 14.8 Å². The van der Waals surface area contributed by atoms with Crippen LogP contribution in [0.15, 0.2) is 18.2 Å². The van der Waals surface area contributed by atoms with Crippen LogP contribution in [0.25, 0.3) is 5.69 Å². The molecule has 1 aromatic heterocycles. The van der Waals surface area contributed by atoms with Crippen LogP contribution in [0.5, 0.6) is 0 Å². The van der Waals surface area contributed by atoms with Gasteiger partial charge in [-0.25, -0.2) is 14.5 Å². The Hall–Kier alpha value is -2.17. The number of nitrogens with zero attached hydrogens (tertiary/aromatic N) is 3. The van der Waals surface area contributed by atoms with Crippen molar-refractivity contribution in [1.29, 1.82) is 0 Å². The van der Waals surface area contributed by atoms with Crippen LogP contribution in [-0.2, 0) is 0 Å². The minimum atomic E-state index is -1.11. The lowest BCUT2D eigenvalue weighted by Crippen LogP contribution is -2.06. The van der Waals surface area contributed by atoms with E-state index in [4.69, 9.17) is 5.11 Å². The smallest absolute Gasteiger partial charge is 0.375 e. The molecule has 0 bridgehead atoms. The highest BCUT2D eigenvalue weighted by molar-refractivity contribution is 5.83. The van der Waals surface area contributed by atoms with Crippen molar-refractivity contribution in [2.45, 2.75) is 33.6 Å². The molecule has 2 aromatic rings. The molecule has 5 heteroatoms. The van der Waals surface area contributed by atoms with Crippen LogP contribution in [0.4, 0.5) is 0 Å². The summed E-state index contributed by atoms with van der Waals surface area (Å²) in [4.78, 5) is 15.1. The van der Waals surface area contributed by atoms with Crippen molar-refractivity contribution < 1.29 is 9.90 Å². The lowest BCUT2D eigenvalue weighted by molar-refractivity contribution is 0.0683. The van der Waals surface area contributed by atoms with Crippen molar-refractivity contribution in [2.24, 2.45) is 0 Å². The fraction of sp³-hybridized carbons (Fsp3) is 0.357. The molecule has 0 amide bonds. The fourth-order valence-corrected chi connectivity index (χ4v) is 2.01. The number of hydrogen-bond acceptors (Lipinski definition) is 3. The molecule has 19 heavy (non-hydrogen) atoms. The highest BCUT2D eigenvalue weighted by Crippen LogP contribution is 2.21. The standard InChI is InChI=1S/C14H17N3O2/c1-8(2)13-15-12(14(18)19)16-17(13)11-6-5-9(3)7-10(11)4/h5-8H,1-4H3,(H,18,19). The quantitative estimate of drug-likeness (QED) is 0.920. The Morgan fingerprint density at radius 1 is 1.32 bits per heavy atom. The summed E-state index contributed by atoms with van der Waals surface area (Å²) in [7, 11) is 0. The molecule has 0 radical (unpaired) electrons. The van der Waals surface area contributed by atoms with E-state index >= 15 is 0 Å². The van der Waals surface area contributed by atoms with E-state index in [0.29, 0.717) is 5.82 Å². The Morgan fingerprint density at radius 2 is 2.00 bits per heavy atom. The highest BCUT2D eigenvalue weighted by Gasteiger charge is 2.19. The van der Waals surface area contributed by atoms with Gasteiger partial charge < -0.3 is 5.11 Å². The van der Waals surface area contributed by atoms with Crippen LogP contribution in [0.2, 0.25) is 0 Å². The van der Waals surface area contributed by atoms with Gasteiger partial charge in [-0.3, -0.25) is 0 Å². The monoisotopic (exact) mass is 259 g/mol. The highest BCUT2D eigenvalue weighted by atomic mass is 16.4. The van der Waals surface area contributed by atoms with E-state index in [9.17, 15) is 4.79 Å². The summed E-state index contributed by atoms with van der Waals surface area (Å²) in [5.41, 5.74) is 3.07. The Kier molecular flexibility index (Phi) is 3.38. The van der Waals surface area contributed by atoms with E-state index < -0.39 is 5.97 Å². The molecule has 0 unspecified atom stereocenters. The first-order valence-corrected chi connectivity index (χ1v) is 6.18. The predicted molar refractivity (Wildman–Crippen MR) is 71.9 cm³/mol. The third kappa shape index (κ3) is 2.50. The number of carboxylic acids is 1. The van der Waals surface area contributed by atoms with Crippen LogP contribution in [-0.4, -0.2) is 25.8 Å². The molecule has 0 saturated carbocycles. The lowest BCUT2D eigenvalue weighted by atomic mass is 10.1. The normalized spacial score (nSPS) is 11.0. The van der Waals surface area contributed by atoms with E-state index in [1.807, 2.05) is 45.9 Å². The number of aryl methyl sites for hydroxylation is 2. The summed E-state index contributed by atoms with van der Waals surface area (Å²) >= 11 is 0. The number of hydrogen-bond donors (Lipinski definition) is 1. The van der Waals surface area contributed by atoms with E-state index in [1.165, 1.54) is 0 Å². The maximum atomic E-state index is 11.0. The van der Waals surface area contributed by atoms with Crippen LogP contribution in [0.3, 0.4) is 0 Å². The number of benzene rings is 1. The van der Waals surface area contributed by atoms with Gasteiger partial charge >= 0.3 is 5.97 Å². The molecule has 1 heterocycles. The molecule has 0 atom stereocenters. The molecule has 0 saturated heterocycles. The Bertz CT molecular complexity index is 630. The number of aromatic nitrogens is 3. The second-order valence-corrected chi connectivity index (χ2v) is 4.96. The number of carbonyl (C=O) groups is 1. The van der Waals surface area contributed by atoms with Gasteiger partial charge in [-0.05, 0) is 25.5 Å². The van der Waals surface area contributed by atoms with Crippen LogP contribution in [0.1, 0.15) is 47.3 Å². The number of rotatable bonds is 3. The molecule has 0 aliphatic heterocycles. The van der Waals surface area contributed by atoms with E-state index in [1.54, 1.807) is 4.68 Å². The van der Waals surface area contributed by atoms with E-state index in [0.717, 1.165) is 16.8 Å². The molecule has 5 nitrogen and oxygen atoms in total. The zero-order valence-electron chi connectivity index (χ0n) is 11.5. The first-order chi connectivity index (χ1) is 8.90. The average molecular weight is 259 g/mol. The van der Waals surface area contributed by atoms with Gasteiger partial charge in [-0.1, -0.05) is 31.5 Å². The molecule has 1 N–H and O–H groups in total. The van der Waals surface area contributed by atoms with E-state index in [-0.39, 0.29) is 11.7 Å². The van der Waals surface area contributed by atoms with Gasteiger partial charge in [0.15, 0.2) is 0 Å². The van der Waals surface area contributed by atoms with Gasteiger partial charge in [-0.15, -0.1) is 5.10 Å². The third-order valence-corrected chi connectivity index (χ3v) is 2.92. The number of aromatic carboxylic acids is 1. The topological polar surface area (TPSA) is 68.0 Å². The Labute approximate surface area is 111 Å². The van der Waals surface area contributed by atoms with Crippen molar-refractivity contribution in [3.63, 3.8) is 0 Å². The SMILES string of the molecule is Cc1ccc(-n2nc(C(=O)O)nc2C(C)C)c(C)c1. The molecular formula is C14H17N3O2. The van der Waals surface area contributed by atoms with Crippen molar-refractivity contribution in [3.8, 4) is 5.69 Å². The summed E-state index contributed by atoms with van der Waals surface area (Å²) in [6, 6.07) is 5.97. The third-order valence-electron chi connectivity index (χ3n) is 2.92. The van der Waals surface area contributed by atoms with Crippen molar-refractivity contribution in [3.05, 3.63) is 41.0 Å². The molecule has 1 aromatic carbocycles. The molecule has 0 spiro atoms. The minimum absolute atomic E-state index is 0.0984. The van der Waals surface area contributed by atoms with Gasteiger partial charge in [0.1, 0.15) is 5.82 Å². The summed E-state index contributed by atoms with van der Waals surface area (Å²) in [5, 5.41) is 13.1. The number of carboxylic acid groups (broad SMARTS) is 1. The van der Waals surface area contributed by atoms with Gasteiger partial charge in [0.05, 0.1) is 5.69 Å². The lowest BCUT2D eigenvalue weighted by Gasteiger charge is -2.11. The second-order valence-electron chi connectivity index (χ2n) is 4.96. The van der Waals surface area contributed by atoms with Gasteiger partial charge in [-0.2, -0.15) is 0 Å². The first kappa shape index (κ1) is 13.3. The van der Waals surface area contributed by atoms with Gasteiger partial charge in [0, 0.05) is 5.92 Å². The first-order valence-electron chi connectivity index (χ1n) is 6.18. The molecule has 0 aliphatic carbocycles. The summed E-state index contributed by atoms with van der Waals surface area (Å²) in [6.07, 6.45) is 0. The zero-order valence-corrected chi connectivity index (χ0v) is 11.5. The van der Waals surface area contributed by atoms with Crippen molar-refractivity contribution >= 4 is 5.97 Å². The molecular weight excluding hydrogens is 242 g/mol. The predicted octanol–water partition coefficient (Wildman–Crippen LogP) is 2.71. The second kappa shape index (κ2) is 4.84. The molecule has 0 aliphatic rings. The van der Waals surface area contributed by atoms with Crippen molar-refractivity contribution in [2.75, 3.05) is 0 Å². The molecule has 0 fully saturated rings. The van der Waals surface area contributed by atoms with Crippen LogP contribution < -0.4 is 0 Å². The van der Waals surface area contributed by atoms with Crippen LogP contribution in [0, 0.1) is 13.8 Å². The summed E-state index contributed by atoms with van der Waals surface area (Å²) in [5.74, 6) is -0.514. The van der Waals surface area contributed by atoms with E-state index in [2.05, 4.69) is 10.1 Å². The minimum Gasteiger partial charge on any atom is -0.475 e. The average Bonchev–Trinajstić information content (AvgIpc) is 2.73. The molecule has 100 valence electrons.